The fourth-order valence-corrected chi connectivity index (χ4v) is 3.45. The van der Waals surface area contributed by atoms with Gasteiger partial charge >= 0.3 is 0 Å². The molecule has 1 saturated heterocycles. The van der Waals surface area contributed by atoms with Gasteiger partial charge in [-0.2, -0.15) is 0 Å². The van der Waals surface area contributed by atoms with Gasteiger partial charge in [0.15, 0.2) is 0 Å². The average Bonchev–Trinajstić information content (AvgIpc) is 2.68. The highest BCUT2D eigenvalue weighted by atomic mass is 16.5. The third-order valence-corrected chi connectivity index (χ3v) is 4.73. The number of hydrogen-bond donors (Lipinski definition) is 1. The Labute approximate surface area is 146 Å². The first-order chi connectivity index (χ1) is 12.3. The van der Waals surface area contributed by atoms with E-state index >= 15 is 0 Å². The van der Waals surface area contributed by atoms with E-state index in [-0.39, 0.29) is 11.7 Å². The Morgan fingerprint density at radius 1 is 1.16 bits per heavy atom. The smallest absolute Gasteiger partial charge is 0.262 e. The van der Waals surface area contributed by atoms with Gasteiger partial charge in [-0.05, 0) is 50.1 Å². The van der Waals surface area contributed by atoms with Gasteiger partial charge in [-0.3, -0.25) is 14.7 Å². The Hall–Kier alpha value is -2.66. The molecule has 1 fully saturated rings. The fraction of sp³-hybridized carbons (Fsp3) is 0.300. The third kappa shape index (κ3) is 2.91. The van der Waals surface area contributed by atoms with Crippen LogP contribution in [-0.4, -0.2) is 23.2 Å². The second-order valence-electron chi connectivity index (χ2n) is 6.33. The molecule has 0 aliphatic carbocycles. The van der Waals surface area contributed by atoms with Crippen molar-refractivity contribution in [2.45, 2.75) is 25.4 Å². The lowest BCUT2D eigenvalue weighted by Gasteiger charge is -2.27. The number of rotatable bonds is 3. The molecule has 0 amide bonds. The minimum Gasteiger partial charge on any atom is -0.497 e. The van der Waals surface area contributed by atoms with Gasteiger partial charge in [0.1, 0.15) is 11.6 Å². The summed E-state index contributed by atoms with van der Waals surface area (Å²) in [4.78, 5) is 18.1. The van der Waals surface area contributed by atoms with Crippen LogP contribution < -0.4 is 15.6 Å². The van der Waals surface area contributed by atoms with Crippen LogP contribution in [0.1, 0.15) is 25.4 Å². The number of benzene rings is 2. The highest BCUT2D eigenvalue weighted by Crippen LogP contribution is 2.27. The zero-order valence-corrected chi connectivity index (χ0v) is 14.2. The van der Waals surface area contributed by atoms with Crippen LogP contribution in [0.3, 0.4) is 0 Å². The zero-order chi connectivity index (χ0) is 17.2. The lowest BCUT2D eigenvalue weighted by molar-refractivity contribution is 0.316. The summed E-state index contributed by atoms with van der Waals surface area (Å²) in [5.74, 6) is 1.44. The molecule has 25 heavy (non-hydrogen) atoms. The standard InChI is InChI=1S/C20H21N3O2/c1-25-15-8-6-7-14(13-15)19-22-17-10-3-2-9-16(17)20(24)23(19)18-11-4-5-12-21-18/h2-3,6-10,13,18,21H,4-5,11-12H2,1H3. The van der Waals surface area contributed by atoms with Gasteiger partial charge in [0.25, 0.3) is 5.56 Å². The van der Waals surface area contributed by atoms with E-state index in [1.54, 1.807) is 7.11 Å². The summed E-state index contributed by atoms with van der Waals surface area (Å²) in [6.07, 6.45) is 3.14. The molecule has 1 aliphatic heterocycles. The Morgan fingerprint density at radius 2 is 2.04 bits per heavy atom. The molecule has 1 aromatic heterocycles. The first-order valence-corrected chi connectivity index (χ1v) is 8.67. The van der Waals surface area contributed by atoms with Gasteiger partial charge in [0.05, 0.1) is 24.2 Å². The Bertz CT molecular complexity index is 959. The van der Waals surface area contributed by atoms with Gasteiger partial charge in [0.2, 0.25) is 0 Å². The number of piperidine rings is 1. The number of nitrogens with one attached hydrogen (secondary N) is 1. The van der Waals surface area contributed by atoms with E-state index < -0.39 is 0 Å². The van der Waals surface area contributed by atoms with Crippen LogP contribution in [0.5, 0.6) is 5.75 Å². The fourth-order valence-electron chi connectivity index (χ4n) is 3.45. The predicted octanol–water partition coefficient (Wildman–Crippen LogP) is 3.34. The maximum absolute atomic E-state index is 13.2. The summed E-state index contributed by atoms with van der Waals surface area (Å²) in [6, 6.07) is 15.2. The predicted molar refractivity (Wildman–Crippen MR) is 98.9 cm³/mol. The topological polar surface area (TPSA) is 56.1 Å². The van der Waals surface area contributed by atoms with E-state index in [1.807, 2.05) is 53.1 Å². The Morgan fingerprint density at radius 3 is 2.84 bits per heavy atom. The molecule has 1 atom stereocenters. The van der Waals surface area contributed by atoms with Crippen LogP contribution in [0.2, 0.25) is 0 Å². The molecule has 5 heteroatoms. The van der Waals surface area contributed by atoms with Gasteiger partial charge in [0, 0.05) is 5.56 Å². The largest absolute Gasteiger partial charge is 0.497 e. The van der Waals surface area contributed by atoms with Crippen molar-refractivity contribution >= 4 is 10.9 Å². The highest BCUT2D eigenvalue weighted by Gasteiger charge is 2.22. The second kappa shape index (κ2) is 6.69. The molecule has 3 aromatic rings. The van der Waals surface area contributed by atoms with Crippen LogP contribution in [0.25, 0.3) is 22.3 Å². The minimum atomic E-state index is -0.0282. The van der Waals surface area contributed by atoms with Crippen molar-refractivity contribution < 1.29 is 4.74 Å². The molecule has 0 saturated carbocycles. The van der Waals surface area contributed by atoms with E-state index in [2.05, 4.69) is 5.32 Å². The summed E-state index contributed by atoms with van der Waals surface area (Å²) in [5.41, 5.74) is 1.61. The van der Waals surface area contributed by atoms with Gasteiger partial charge in [-0.15, -0.1) is 0 Å². The molecule has 1 unspecified atom stereocenters. The van der Waals surface area contributed by atoms with Crippen molar-refractivity contribution in [2.24, 2.45) is 0 Å². The van der Waals surface area contributed by atoms with Crippen molar-refractivity contribution in [1.82, 2.24) is 14.9 Å². The van der Waals surface area contributed by atoms with Crippen molar-refractivity contribution in [3.8, 4) is 17.1 Å². The van der Waals surface area contributed by atoms with Gasteiger partial charge in [-0.1, -0.05) is 24.3 Å². The lowest BCUT2D eigenvalue weighted by atomic mass is 10.1. The van der Waals surface area contributed by atoms with Crippen molar-refractivity contribution in [1.29, 1.82) is 0 Å². The van der Waals surface area contributed by atoms with E-state index in [1.165, 1.54) is 0 Å². The molecule has 0 spiro atoms. The zero-order valence-electron chi connectivity index (χ0n) is 14.2. The van der Waals surface area contributed by atoms with Crippen LogP contribution in [0.4, 0.5) is 0 Å². The van der Waals surface area contributed by atoms with Crippen LogP contribution in [0.15, 0.2) is 53.3 Å². The minimum absolute atomic E-state index is 0.00261. The second-order valence-corrected chi connectivity index (χ2v) is 6.33. The van der Waals surface area contributed by atoms with Gasteiger partial charge < -0.3 is 4.74 Å². The maximum Gasteiger partial charge on any atom is 0.262 e. The van der Waals surface area contributed by atoms with E-state index in [4.69, 9.17) is 9.72 Å². The number of nitrogens with zero attached hydrogens (tertiary/aromatic N) is 2. The number of fused-ring (bicyclic) bond motifs is 1. The van der Waals surface area contributed by atoms with Crippen molar-refractivity contribution in [2.75, 3.05) is 13.7 Å². The first kappa shape index (κ1) is 15.8. The summed E-state index contributed by atoms with van der Waals surface area (Å²) >= 11 is 0. The molecular weight excluding hydrogens is 314 g/mol. The molecule has 1 N–H and O–H groups in total. The quantitative estimate of drug-likeness (QED) is 0.797. The molecule has 0 bridgehead atoms. The summed E-state index contributed by atoms with van der Waals surface area (Å²) < 4.78 is 7.16. The third-order valence-electron chi connectivity index (χ3n) is 4.73. The maximum atomic E-state index is 13.2. The number of aromatic nitrogens is 2. The summed E-state index contributed by atoms with van der Waals surface area (Å²) in [5, 5.41) is 4.13. The molecule has 128 valence electrons. The SMILES string of the molecule is COc1cccc(-c2nc3ccccc3c(=O)n2C2CCCCN2)c1. The monoisotopic (exact) mass is 335 g/mol. The normalized spacial score (nSPS) is 17.6. The van der Waals surface area contributed by atoms with Crippen molar-refractivity contribution in [3.05, 3.63) is 58.9 Å². The Kier molecular flexibility index (Phi) is 4.24. The molecule has 5 nitrogen and oxygen atoms in total. The number of hydrogen-bond acceptors (Lipinski definition) is 4. The van der Waals surface area contributed by atoms with Crippen LogP contribution in [-0.2, 0) is 0 Å². The van der Waals surface area contributed by atoms with Crippen molar-refractivity contribution in [3.63, 3.8) is 0 Å². The number of para-hydroxylation sites is 1. The number of ether oxygens (including phenoxy) is 1. The number of methoxy groups -OCH3 is 1. The van der Waals surface area contributed by atoms with E-state index in [0.717, 1.165) is 42.6 Å². The molecule has 1 aliphatic rings. The van der Waals surface area contributed by atoms with Crippen LogP contribution in [0, 0.1) is 0 Å². The van der Waals surface area contributed by atoms with Gasteiger partial charge in [-0.25, -0.2) is 4.98 Å². The molecular formula is C20H21N3O2. The van der Waals surface area contributed by atoms with E-state index in [9.17, 15) is 4.79 Å². The molecule has 0 radical (unpaired) electrons. The molecule has 4 rings (SSSR count). The average molecular weight is 335 g/mol. The Balaban J connectivity index is 1.98. The van der Waals surface area contributed by atoms with E-state index in [0.29, 0.717) is 11.2 Å². The summed E-state index contributed by atoms with van der Waals surface area (Å²) in [6.45, 7) is 0.918. The van der Waals surface area contributed by atoms with Crippen LogP contribution >= 0.6 is 0 Å². The first-order valence-electron chi connectivity index (χ1n) is 8.67. The highest BCUT2D eigenvalue weighted by molar-refractivity contribution is 5.79. The molecule has 2 aromatic carbocycles. The lowest BCUT2D eigenvalue weighted by Crippen LogP contribution is -2.38. The summed E-state index contributed by atoms with van der Waals surface area (Å²) in [7, 11) is 1.64. The molecule has 2 heterocycles.